The zero-order valence-corrected chi connectivity index (χ0v) is 30.7. The summed E-state index contributed by atoms with van der Waals surface area (Å²) in [6.07, 6.45) is 17.9. The summed E-state index contributed by atoms with van der Waals surface area (Å²) in [5.74, 6) is 1.24. The minimum absolute atomic E-state index is 0.113. The molecule has 4 aliphatic rings. The molecule has 2 unspecified atom stereocenters. The normalized spacial score (nSPS) is 25.7. The van der Waals surface area contributed by atoms with E-state index < -0.39 is 12.5 Å². The second kappa shape index (κ2) is 14.7. The van der Waals surface area contributed by atoms with Crippen molar-refractivity contribution in [3.8, 4) is 0 Å². The number of alkyl halides is 2. The van der Waals surface area contributed by atoms with Crippen molar-refractivity contribution in [2.45, 2.75) is 112 Å². The summed E-state index contributed by atoms with van der Waals surface area (Å²) < 4.78 is -0.402. The smallest absolute Gasteiger partial charge is 0.118 e. The van der Waals surface area contributed by atoms with Gasteiger partial charge in [0.1, 0.15) is 5.82 Å². The lowest BCUT2D eigenvalue weighted by Gasteiger charge is -2.52. The quantitative estimate of drug-likeness (QED) is 0.188. The highest BCUT2D eigenvalue weighted by Crippen LogP contribution is 2.72. The molecule has 0 bridgehead atoms. The second-order valence-corrected chi connectivity index (χ2v) is 18.8. The maximum atomic E-state index is 8.54. The Labute approximate surface area is 295 Å². The number of rotatable bonds is 6. The number of benzene rings is 3. The van der Waals surface area contributed by atoms with E-state index in [0.29, 0.717) is 0 Å². The Morgan fingerprint density at radius 1 is 0.660 bits per heavy atom. The van der Waals surface area contributed by atoms with Gasteiger partial charge in [-0.1, -0.05) is 113 Å². The number of halogens is 2. The molecular formula is C42H51Cl2N2P. The molecule has 1 aliphatic heterocycles. The van der Waals surface area contributed by atoms with E-state index in [1.54, 1.807) is 0 Å². The number of para-hydroxylation sites is 2. The van der Waals surface area contributed by atoms with Gasteiger partial charge in [0.2, 0.25) is 0 Å². The molecule has 2 nitrogen and oxygen atoms in total. The molecular weight excluding hydrogens is 634 g/mol. The number of aryl methyl sites for hydroxylation is 2. The van der Waals surface area contributed by atoms with Crippen LogP contribution in [0.3, 0.4) is 0 Å². The fourth-order valence-corrected chi connectivity index (χ4v) is 14.9. The molecule has 2 atom stereocenters. The van der Waals surface area contributed by atoms with E-state index >= 15 is 0 Å². The lowest BCUT2D eigenvalue weighted by Crippen LogP contribution is -2.41. The molecule has 0 amide bonds. The maximum absolute atomic E-state index is 8.54. The van der Waals surface area contributed by atoms with Crippen LogP contribution in [0.15, 0.2) is 95.8 Å². The molecule has 3 aliphatic carbocycles. The van der Waals surface area contributed by atoms with Crippen molar-refractivity contribution >= 4 is 48.6 Å². The van der Waals surface area contributed by atoms with Gasteiger partial charge in [-0.25, -0.2) is 0 Å². The van der Waals surface area contributed by atoms with Crippen molar-refractivity contribution in [1.82, 2.24) is 0 Å². The zero-order chi connectivity index (χ0) is 32.4. The maximum Gasteiger partial charge on any atom is 0.118 e. The van der Waals surface area contributed by atoms with Gasteiger partial charge in [0.15, 0.2) is 0 Å². The molecule has 0 spiro atoms. The lowest BCUT2D eigenvalue weighted by molar-refractivity contribution is 0.476. The van der Waals surface area contributed by atoms with Gasteiger partial charge in [0.25, 0.3) is 0 Å². The second-order valence-electron chi connectivity index (χ2n) is 14.3. The largest absolute Gasteiger partial charge is 0.325 e. The van der Waals surface area contributed by atoms with Crippen molar-refractivity contribution in [2.75, 3.05) is 22.9 Å². The summed E-state index contributed by atoms with van der Waals surface area (Å²) in [7, 11) is -0.475. The predicted molar refractivity (Wildman–Crippen MR) is 207 cm³/mol. The molecule has 3 aromatic carbocycles. The molecule has 0 radical (unpaired) electrons. The van der Waals surface area contributed by atoms with E-state index in [2.05, 4.69) is 109 Å². The van der Waals surface area contributed by atoms with E-state index in [4.69, 9.17) is 23.2 Å². The van der Waals surface area contributed by atoms with Crippen LogP contribution in [0.5, 0.6) is 0 Å². The highest BCUT2D eigenvalue weighted by atomic mass is 35.5. The summed E-state index contributed by atoms with van der Waals surface area (Å²) in [6, 6.07) is 28.7. The number of hydrogen-bond acceptors (Lipinski definition) is 2. The molecule has 0 aromatic heterocycles. The van der Waals surface area contributed by atoms with Crippen molar-refractivity contribution in [1.29, 1.82) is 0 Å². The molecule has 0 N–H and O–H groups in total. The molecule has 7 rings (SSSR count). The summed E-state index contributed by atoms with van der Waals surface area (Å²) in [5.41, 5.74) is 10.4. The van der Waals surface area contributed by atoms with Crippen LogP contribution >= 0.6 is 31.1 Å². The van der Waals surface area contributed by atoms with Gasteiger partial charge in [-0.3, -0.25) is 0 Å². The average molecular weight is 686 g/mol. The highest BCUT2D eigenvalue weighted by molar-refractivity contribution is 7.63. The number of nitrogens with zero attached hydrogens (tertiary/aromatic N) is 2. The highest BCUT2D eigenvalue weighted by Gasteiger charge is 2.53. The first-order chi connectivity index (χ1) is 23.0. The van der Waals surface area contributed by atoms with Gasteiger partial charge >= 0.3 is 0 Å². The molecule has 1 heterocycles. The SMILES string of the molecule is Cc1ccccc1N1CCN(c2ccccc2C)C1=C1C(=Cc2ccccc2)C(Cl)(P(C2CCCCC2)C2CCCCC2)CCC1Cl. The van der Waals surface area contributed by atoms with E-state index in [1.807, 2.05) is 0 Å². The first-order valence-corrected chi connectivity index (χ1v) is 20.5. The van der Waals surface area contributed by atoms with Crippen LogP contribution in [0.25, 0.3) is 6.08 Å². The Balaban J connectivity index is 1.49. The van der Waals surface area contributed by atoms with Crippen molar-refractivity contribution in [3.05, 3.63) is 113 Å². The van der Waals surface area contributed by atoms with Crippen molar-refractivity contribution in [2.24, 2.45) is 0 Å². The van der Waals surface area contributed by atoms with E-state index in [-0.39, 0.29) is 5.38 Å². The molecule has 5 heteroatoms. The Morgan fingerprint density at radius 2 is 1.15 bits per heavy atom. The molecule has 4 fully saturated rings. The van der Waals surface area contributed by atoms with E-state index in [1.165, 1.54) is 109 Å². The third kappa shape index (κ3) is 6.69. The third-order valence-electron chi connectivity index (χ3n) is 11.3. The first-order valence-electron chi connectivity index (χ1n) is 18.3. The average Bonchev–Trinajstić information content (AvgIpc) is 3.52. The predicted octanol–water partition coefficient (Wildman–Crippen LogP) is 12.4. The number of hydrogen-bond donors (Lipinski definition) is 0. The molecule has 3 aromatic rings. The van der Waals surface area contributed by atoms with Crippen LogP contribution in [-0.2, 0) is 0 Å². The van der Waals surface area contributed by atoms with E-state index in [9.17, 15) is 0 Å². The van der Waals surface area contributed by atoms with Crippen LogP contribution in [0.1, 0.15) is 93.7 Å². The van der Waals surface area contributed by atoms with Gasteiger partial charge in [0, 0.05) is 30.0 Å². The van der Waals surface area contributed by atoms with Crippen LogP contribution in [0, 0.1) is 13.8 Å². The van der Waals surface area contributed by atoms with Gasteiger partial charge < -0.3 is 9.80 Å². The Bertz CT molecular complexity index is 1520. The first kappa shape index (κ1) is 33.3. The van der Waals surface area contributed by atoms with Crippen LogP contribution < -0.4 is 9.80 Å². The summed E-state index contributed by atoms with van der Waals surface area (Å²) in [4.78, 5) is 5.13. The molecule has 3 saturated carbocycles. The van der Waals surface area contributed by atoms with Crippen LogP contribution in [0.2, 0.25) is 0 Å². The Morgan fingerprint density at radius 3 is 1.66 bits per heavy atom. The lowest BCUT2D eigenvalue weighted by atomic mass is 9.86. The minimum atomic E-state index is -0.475. The monoisotopic (exact) mass is 684 g/mol. The van der Waals surface area contributed by atoms with Gasteiger partial charge in [0.05, 0.1) is 9.99 Å². The molecule has 1 saturated heterocycles. The van der Waals surface area contributed by atoms with Crippen molar-refractivity contribution in [3.63, 3.8) is 0 Å². The molecule has 248 valence electrons. The zero-order valence-electron chi connectivity index (χ0n) is 28.3. The number of anilines is 2. The van der Waals surface area contributed by atoms with Gasteiger partial charge in [-0.05, 0) is 104 Å². The fourth-order valence-electron chi connectivity index (χ4n) is 9.05. The Kier molecular flexibility index (Phi) is 10.4. The van der Waals surface area contributed by atoms with E-state index in [0.717, 1.165) is 37.2 Å². The van der Waals surface area contributed by atoms with Crippen LogP contribution in [0.4, 0.5) is 11.4 Å². The summed E-state index contributed by atoms with van der Waals surface area (Å²) in [5, 5.41) is -0.113. The van der Waals surface area contributed by atoms with Gasteiger partial charge in [-0.2, -0.15) is 0 Å². The third-order valence-corrected chi connectivity index (χ3v) is 16.6. The summed E-state index contributed by atoms with van der Waals surface area (Å²) >= 11 is 16.3. The van der Waals surface area contributed by atoms with Gasteiger partial charge in [-0.15, -0.1) is 23.2 Å². The van der Waals surface area contributed by atoms with Crippen LogP contribution in [-0.4, -0.2) is 34.4 Å². The fraction of sp³-hybridized carbons (Fsp3) is 0.476. The van der Waals surface area contributed by atoms with Crippen molar-refractivity contribution < 1.29 is 0 Å². The topological polar surface area (TPSA) is 6.48 Å². The standard InChI is InChI=1S/C42H51Cl2N2P/c1-31-16-12-14-24-38(31)45-28-29-46(39-25-15-13-17-32(39)2)41(45)40-36(30-33-18-6-3-7-19-33)42(44,27-26-37(40)43)47(34-20-8-4-9-21-34)35-22-10-5-11-23-35/h3,6-7,12-19,24-25,30,34-35,37H,4-5,8-11,20-23,26-29H2,1-2H3. The molecule has 47 heavy (non-hydrogen) atoms. The summed E-state index contributed by atoms with van der Waals surface area (Å²) in [6.45, 7) is 6.31. The Hall–Kier alpha value is -2.25. The minimum Gasteiger partial charge on any atom is -0.325 e. The number of allylic oxidation sites excluding steroid dienone is 2.